The highest BCUT2D eigenvalue weighted by atomic mass is 79.9. The van der Waals surface area contributed by atoms with Crippen molar-refractivity contribution in [3.05, 3.63) is 24.8 Å². The summed E-state index contributed by atoms with van der Waals surface area (Å²) in [7, 11) is -6.41. The molecule has 0 spiro atoms. The molecule has 12 nitrogen and oxygen atoms in total. The number of rotatable bonds is 9. The second-order valence-electron chi connectivity index (χ2n) is 23.4. The number of aromatic amines is 1. The topological polar surface area (TPSA) is 189 Å². The lowest BCUT2D eigenvalue weighted by Gasteiger charge is -2.57. The number of hydrogen-bond acceptors (Lipinski definition) is 10. The molecule has 0 amide bonds. The minimum Gasteiger partial charge on any atom is -0.384 e. The zero-order valence-electron chi connectivity index (χ0n) is 40.4. The molecule has 2 aromatic rings. The van der Waals surface area contributed by atoms with Crippen molar-refractivity contribution >= 4 is 47.2 Å². The van der Waals surface area contributed by atoms with Gasteiger partial charge in [-0.15, -0.1) is 0 Å². The van der Waals surface area contributed by atoms with Crippen LogP contribution in [-0.2, 0) is 35.8 Å². The van der Waals surface area contributed by atoms with Gasteiger partial charge in [-0.05, 0) is 186 Å². The first-order valence-corrected chi connectivity index (χ1v) is 30.3. The molecule has 0 unspecified atom stereocenters. The molecule has 8 aliphatic carbocycles. The molecule has 19 heteroatoms. The Labute approximate surface area is 413 Å². The number of nitrogens with zero attached hydrogens (tertiary/aromatic N) is 3. The fraction of sp³-hybridized carbons (Fsp3) is 0.840. The van der Waals surface area contributed by atoms with E-state index >= 15 is 0 Å². The zero-order valence-corrected chi connectivity index (χ0v) is 43.6. The number of nitrogens with one attached hydrogen (secondary N) is 1. The van der Waals surface area contributed by atoms with E-state index in [-0.39, 0.29) is 82.3 Å². The van der Waals surface area contributed by atoms with Crippen molar-refractivity contribution < 1.29 is 54.2 Å². The third-order valence-electron chi connectivity index (χ3n) is 20.1. The van der Waals surface area contributed by atoms with Crippen molar-refractivity contribution in [2.45, 2.75) is 170 Å². The lowest BCUT2D eigenvalue weighted by atomic mass is 9.49. The lowest BCUT2D eigenvalue weighted by molar-refractivity contribution is -0.160. The number of fused-ring (bicyclic) bond motifs is 10. The van der Waals surface area contributed by atoms with Crippen molar-refractivity contribution in [2.75, 3.05) is 17.8 Å². The number of hydrogen-bond donors (Lipinski definition) is 3. The third kappa shape index (κ3) is 10.2. The Bertz CT molecular complexity index is 2390. The van der Waals surface area contributed by atoms with Crippen molar-refractivity contribution in [1.82, 2.24) is 20.0 Å². The average Bonchev–Trinajstić information content (AvgIpc) is 4.12. The van der Waals surface area contributed by atoms with Crippen LogP contribution in [0, 0.1) is 81.8 Å². The van der Waals surface area contributed by atoms with Crippen LogP contribution in [0.3, 0.4) is 0 Å². The highest BCUT2D eigenvalue weighted by molar-refractivity contribution is 9.09. The van der Waals surface area contributed by atoms with E-state index in [0.717, 1.165) is 96.0 Å². The quantitative estimate of drug-likeness (QED) is 0.161. The van der Waals surface area contributed by atoms with Gasteiger partial charge in [0.25, 0.3) is 12.9 Å². The Morgan fingerprint density at radius 3 is 1.52 bits per heavy atom. The number of ketones is 2. The van der Waals surface area contributed by atoms with Crippen LogP contribution in [0.5, 0.6) is 0 Å². The number of sulfone groups is 2. The van der Waals surface area contributed by atoms with Gasteiger partial charge in [0.1, 0.15) is 26.8 Å². The molecule has 8 aliphatic rings. The molecule has 69 heavy (non-hydrogen) atoms. The maximum absolute atomic E-state index is 13.4. The van der Waals surface area contributed by atoms with Gasteiger partial charge in [0.15, 0.2) is 25.5 Å². The van der Waals surface area contributed by atoms with Crippen LogP contribution in [0.2, 0.25) is 0 Å². The van der Waals surface area contributed by atoms with Gasteiger partial charge in [0.05, 0.1) is 24.3 Å². The van der Waals surface area contributed by atoms with Gasteiger partial charge >= 0.3 is 0 Å². The first-order chi connectivity index (χ1) is 32.3. The summed E-state index contributed by atoms with van der Waals surface area (Å²) in [5.41, 5.74) is -3.50. The Kier molecular flexibility index (Phi) is 15.3. The monoisotopic (exact) mass is 1080 g/mol. The highest BCUT2D eigenvalue weighted by Gasteiger charge is 2.61. The highest BCUT2D eigenvalue weighted by Crippen LogP contribution is 2.67. The number of Topliss-reactive ketones (excluding diaryl/α,β-unsaturated/α-hetero) is 2. The zero-order chi connectivity index (χ0) is 50.1. The molecule has 8 saturated carbocycles. The van der Waals surface area contributed by atoms with E-state index in [1.54, 1.807) is 0 Å². The number of carbonyl (C=O) groups excluding carboxylic acids is 2. The van der Waals surface area contributed by atoms with Gasteiger partial charge < -0.3 is 10.2 Å². The summed E-state index contributed by atoms with van der Waals surface area (Å²) >= 11 is 3.37. The molecule has 0 bridgehead atoms. The molecule has 2 heterocycles. The van der Waals surface area contributed by atoms with E-state index in [2.05, 4.69) is 45.1 Å². The SMILES string of the molecule is CS(=O)(=O)c1cn[nH]c1.C[C@]12CC[C@H]3[C@@H](CC[C@@H]4C[C@@](O)(C(F)F)CC[C@@H]43)[C@@H]1CC[C@@H]2C(=O)CBr.C[C@]12CC[C@H]3[C@@H](CC[C@@H]4C[C@@](O)(C(F)F)CC[C@@H]43)[C@@H]1CC[C@@H]2C(=O)Cn1cc(S(C)(=O)=O)cn1. The smallest absolute Gasteiger partial charge is 0.266 e. The molecule has 0 aromatic carbocycles. The van der Waals surface area contributed by atoms with Crippen LogP contribution in [-0.4, -0.2) is 100 Å². The second-order valence-corrected chi connectivity index (χ2v) is 28.0. The molecule has 8 fully saturated rings. The molecule has 10 rings (SSSR count). The number of H-pyrrole nitrogens is 1. The van der Waals surface area contributed by atoms with E-state index in [1.807, 2.05) is 0 Å². The fourth-order valence-electron chi connectivity index (χ4n) is 16.7. The number of aliphatic hydroxyl groups is 2. The number of alkyl halides is 5. The molecule has 388 valence electrons. The maximum Gasteiger partial charge on any atom is 0.266 e. The molecule has 2 aromatic heterocycles. The normalized spacial score (nSPS) is 41.5. The predicted octanol–water partition coefficient (Wildman–Crippen LogP) is 9.15. The van der Waals surface area contributed by atoms with Crippen LogP contribution in [0.4, 0.5) is 17.6 Å². The number of carbonyl (C=O) groups is 2. The van der Waals surface area contributed by atoms with Crippen molar-refractivity contribution in [2.24, 2.45) is 81.8 Å². The Morgan fingerprint density at radius 1 is 0.667 bits per heavy atom. The first kappa shape index (κ1) is 53.1. The summed E-state index contributed by atoms with van der Waals surface area (Å²) in [6, 6.07) is 0. The first-order valence-electron chi connectivity index (χ1n) is 25.4. The summed E-state index contributed by atoms with van der Waals surface area (Å²) in [4.78, 5) is 26.1. The second kappa shape index (κ2) is 19.9. The summed E-state index contributed by atoms with van der Waals surface area (Å²) < 4.78 is 99.7. The lowest BCUT2D eigenvalue weighted by Crippen LogP contribution is -2.53. The Morgan fingerprint density at radius 2 is 1.13 bits per heavy atom. The van der Waals surface area contributed by atoms with Crippen LogP contribution in [0.15, 0.2) is 34.6 Å². The van der Waals surface area contributed by atoms with Gasteiger partial charge in [-0.2, -0.15) is 10.2 Å². The van der Waals surface area contributed by atoms with E-state index in [0.29, 0.717) is 64.9 Å². The maximum atomic E-state index is 13.4. The molecular formula is C50H73BrF4N4O8S2. The Hall–Kier alpha value is -2.22. The number of aromatic nitrogens is 4. The summed E-state index contributed by atoms with van der Waals surface area (Å²) in [5, 5.41) is 31.2. The van der Waals surface area contributed by atoms with Crippen LogP contribution in [0.25, 0.3) is 0 Å². The van der Waals surface area contributed by atoms with Gasteiger partial charge in [-0.25, -0.2) is 34.4 Å². The van der Waals surface area contributed by atoms with E-state index < -0.39 is 43.7 Å². The number of halogens is 5. The van der Waals surface area contributed by atoms with E-state index in [1.165, 1.54) is 29.5 Å². The van der Waals surface area contributed by atoms with E-state index in [9.17, 15) is 54.2 Å². The minimum absolute atomic E-state index is 0.0580. The third-order valence-corrected chi connectivity index (χ3v) is 22.8. The van der Waals surface area contributed by atoms with Crippen LogP contribution in [0.1, 0.15) is 129 Å². The standard InChI is InChI=1S/C25H36F2N2O4S.C21H31BrF2O2.C4H6N2O2S/c1-24-9-7-18-17-8-10-25(31,23(26)27)11-15(17)3-4-19(18)20(24)5-6-21(24)22(30)14-29-13-16(12-28-29)34(2,32)33;1-20-8-6-14-13-7-9-21(26,19(23)24)10-12(13)2-3-15(14)16(20)4-5-17(20)18(25)11-22;1-9(7,8)4-2-5-6-3-4/h12-13,15,17-21,23,31H,3-11,14H2,1-2H3;12-17,19,26H,2-11H2,1H3;2-3H,1H3,(H,5,6)/t15-,17+,18-,19-,20+,21-,24+,25-;12-,13+,14-,15-,16+,17-,20+,21-;/m11./s1. The summed E-state index contributed by atoms with van der Waals surface area (Å²) in [5.74, 6) is 5.36. The molecule has 0 aliphatic heterocycles. The minimum atomic E-state index is -3.36. The average molecular weight is 1080 g/mol. The van der Waals surface area contributed by atoms with Gasteiger partial charge in [0, 0.05) is 36.7 Å². The molecule has 3 N–H and O–H groups in total. The molecule has 0 saturated heterocycles. The van der Waals surface area contributed by atoms with E-state index in [4.69, 9.17) is 0 Å². The van der Waals surface area contributed by atoms with Crippen molar-refractivity contribution in [3.8, 4) is 0 Å². The van der Waals surface area contributed by atoms with Crippen molar-refractivity contribution in [3.63, 3.8) is 0 Å². The summed E-state index contributed by atoms with van der Waals surface area (Å²) in [6.07, 6.45) is 16.9. The summed E-state index contributed by atoms with van der Waals surface area (Å²) in [6.45, 7) is 4.69. The van der Waals surface area contributed by atoms with Gasteiger partial charge in [-0.3, -0.25) is 19.4 Å². The van der Waals surface area contributed by atoms with Crippen LogP contribution >= 0.6 is 15.9 Å². The van der Waals surface area contributed by atoms with Crippen LogP contribution < -0.4 is 0 Å². The Balaban J connectivity index is 0.000000161. The fourth-order valence-corrected chi connectivity index (χ4v) is 18.2. The van der Waals surface area contributed by atoms with Gasteiger partial charge in [-0.1, -0.05) is 29.8 Å². The molecule has 0 radical (unpaired) electrons. The molecular weight excluding hydrogens is 1000 g/mol. The molecule has 16 atom stereocenters. The predicted molar refractivity (Wildman–Crippen MR) is 254 cm³/mol. The largest absolute Gasteiger partial charge is 0.384 e. The van der Waals surface area contributed by atoms with Crippen molar-refractivity contribution in [1.29, 1.82) is 0 Å². The van der Waals surface area contributed by atoms with Gasteiger partial charge in [0.2, 0.25) is 0 Å².